The van der Waals surface area contributed by atoms with Crippen LogP contribution in [0.5, 0.6) is 0 Å². The second-order valence-electron chi connectivity index (χ2n) is 11.0. The number of benzene rings is 7. The van der Waals surface area contributed by atoms with Crippen LogP contribution in [0.2, 0.25) is 0 Å². The lowest BCUT2D eigenvalue weighted by molar-refractivity contribution is -0.0620. The predicted molar refractivity (Wildman–Crippen MR) is 163 cm³/mol. The number of ether oxygens (including phenoxy) is 2. The summed E-state index contributed by atoms with van der Waals surface area (Å²) < 4.78 is 13.3. The van der Waals surface area contributed by atoms with Crippen LogP contribution in [0.4, 0.5) is 5.82 Å². The Balaban J connectivity index is 1.25. The average molecular weight is 554 g/mol. The van der Waals surface area contributed by atoms with Crippen LogP contribution in [0.25, 0.3) is 64.6 Å². The SMILES string of the molecule is Nc1ccn([C@@H]2OC(CO)=C(O)C2OCc2cc3ccc4ccc5ccc6ccc7ccc2c2c7c6c5c4c32)c(=O)n1. The molecule has 9 rings (SSSR count). The predicted octanol–water partition coefficient (Wildman–Crippen LogP) is 5.93. The number of nitrogen functional groups attached to an aromatic ring is 1. The maximum atomic E-state index is 12.6. The highest BCUT2D eigenvalue weighted by Gasteiger charge is 2.40. The van der Waals surface area contributed by atoms with Crippen LogP contribution in [0.15, 0.2) is 95.3 Å². The lowest BCUT2D eigenvalue weighted by Gasteiger charge is -2.24. The zero-order valence-corrected chi connectivity index (χ0v) is 22.2. The third kappa shape index (κ3) is 2.97. The third-order valence-electron chi connectivity index (χ3n) is 8.85. The van der Waals surface area contributed by atoms with Gasteiger partial charge in [0, 0.05) is 6.20 Å². The van der Waals surface area contributed by atoms with E-state index in [4.69, 9.17) is 15.2 Å². The molecule has 8 nitrogen and oxygen atoms in total. The number of aromatic nitrogens is 2. The minimum Gasteiger partial charge on any atom is -0.506 e. The van der Waals surface area contributed by atoms with Gasteiger partial charge in [-0.05, 0) is 82.3 Å². The smallest absolute Gasteiger partial charge is 0.352 e. The van der Waals surface area contributed by atoms with Crippen LogP contribution < -0.4 is 11.4 Å². The summed E-state index contributed by atoms with van der Waals surface area (Å²) in [6.45, 7) is -0.413. The molecule has 0 bridgehead atoms. The number of aliphatic hydroxyl groups is 2. The highest BCUT2D eigenvalue weighted by molar-refractivity contribution is 6.44. The van der Waals surface area contributed by atoms with E-state index in [1.165, 1.54) is 70.7 Å². The molecule has 1 unspecified atom stereocenters. The molecule has 0 radical (unpaired) electrons. The van der Waals surface area contributed by atoms with Crippen molar-refractivity contribution >= 4 is 70.5 Å². The van der Waals surface area contributed by atoms with E-state index in [0.717, 1.165) is 16.3 Å². The van der Waals surface area contributed by atoms with E-state index in [0.29, 0.717) is 0 Å². The molecule has 8 heteroatoms. The molecule has 1 aliphatic rings. The van der Waals surface area contributed by atoms with Crippen LogP contribution in [-0.2, 0) is 16.1 Å². The molecule has 2 heterocycles. The molecule has 0 saturated carbocycles. The van der Waals surface area contributed by atoms with Crippen molar-refractivity contribution in [2.75, 3.05) is 12.3 Å². The zero-order valence-electron chi connectivity index (χ0n) is 22.2. The summed E-state index contributed by atoms with van der Waals surface area (Å²) in [6.07, 6.45) is -0.654. The molecule has 0 saturated heterocycles. The first kappa shape index (κ1) is 23.5. The van der Waals surface area contributed by atoms with Crippen molar-refractivity contribution in [1.29, 1.82) is 0 Å². The quantitative estimate of drug-likeness (QED) is 0.178. The maximum absolute atomic E-state index is 12.6. The van der Waals surface area contributed by atoms with Crippen molar-refractivity contribution < 1.29 is 19.7 Å². The number of nitrogens with two attached hydrogens (primary N) is 1. The second kappa shape index (κ2) is 8.19. The Morgan fingerprint density at radius 2 is 1.36 bits per heavy atom. The fourth-order valence-corrected chi connectivity index (χ4v) is 7.03. The zero-order chi connectivity index (χ0) is 28.3. The van der Waals surface area contributed by atoms with Crippen LogP contribution in [0.1, 0.15) is 11.8 Å². The summed E-state index contributed by atoms with van der Waals surface area (Å²) in [6, 6.07) is 25.4. The van der Waals surface area contributed by atoms with Crippen LogP contribution >= 0.6 is 0 Å². The number of anilines is 1. The van der Waals surface area contributed by atoms with E-state index in [2.05, 4.69) is 71.7 Å². The minimum absolute atomic E-state index is 0.0491. The molecule has 0 fully saturated rings. The van der Waals surface area contributed by atoms with E-state index in [-0.39, 0.29) is 23.9 Å². The largest absolute Gasteiger partial charge is 0.506 e. The van der Waals surface area contributed by atoms with E-state index < -0.39 is 24.6 Å². The van der Waals surface area contributed by atoms with Gasteiger partial charge in [0.05, 0.1) is 6.61 Å². The van der Waals surface area contributed by atoms with Gasteiger partial charge in [-0.15, -0.1) is 0 Å². The Kier molecular flexibility index (Phi) is 4.59. The van der Waals surface area contributed by atoms with E-state index in [9.17, 15) is 15.0 Å². The number of nitrogens with zero attached hydrogens (tertiary/aromatic N) is 2. The van der Waals surface area contributed by atoms with Crippen LogP contribution in [-0.4, -0.2) is 32.5 Å². The lowest BCUT2D eigenvalue weighted by Crippen LogP contribution is -2.34. The van der Waals surface area contributed by atoms with Gasteiger partial charge in [-0.25, -0.2) is 4.79 Å². The summed E-state index contributed by atoms with van der Waals surface area (Å²) in [5.41, 5.74) is 5.96. The monoisotopic (exact) mass is 553 g/mol. The first-order chi connectivity index (χ1) is 20.5. The van der Waals surface area contributed by atoms with Crippen molar-refractivity contribution in [3.05, 3.63) is 107 Å². The first-order valence-corrected chi connectivity index (χ1v) is 13.8. The summed E-state index contributed by atoms with van der Waals surface area (Å²) >= 11 is 0. The van der Waals surface area contributed by atoms with Gasteiger partial charge in [-0.3, -0.25) is 4.57 Å². The van der Waals surface area contributed by atoms with Crippen molar-refractivity contribution in [2.24, 2.45) is 0 Å². The van der Waals surface area contributed by atoms with E-state index >= 15 is 0 Å². The summed E-state index contributed by atoms with van der Waals surface area (Å²) in [5.74, 6) is -0.234. The Hall–Kier alpha value is -5.18. The molecular weight excluding hydrogens is 530 g/mol. The number of aliphatic hydroxyl groups excluding tert-OH is 2. The Morgan fingerprint density at radius 3 is 1.95 bits per heavy atom. The summed E-state index contributed by atoms with van der Waals surface area (Å²) in [7, 11) is 0. The van der Waals surface area contributed by atoms with Crippen molar-refractivity contribution in [3.8, 4) is 0 Å². The molecule has 7 aromatic carbocycles. The van der Waals surface area contributed by atoms with Gasteiger partial charge in [-0.2, -0.15) is 4.98 Å². The van der Waals surface area contributed by atoms with Gasteiger partial charge < -0.3 is 25.4 Å². The fraction of sp³-hybridized carbons (Fsp3) is 0.118. The van der Waals surface area contributed by atoms with Gasteiger partial charge in [0.15, 0.2) is 17.6 Å². The van der Waals surface area contributed by atoms with E-state index in [1.807, 2.05) is 0 Å². The molecule has 0 spiro atoms. The third-order valence-corrected chi connectivity index (χ3v) is 8.85. The average Bonchev–Trinajstić information content (AvgIpc) is 3.32. The molecule has 4 N–H and O–H groups in total. The normalized spacial score (nSPS) is 17.8. The van der Waals surface area contributed by atoms with Crippen molar-refractivity contribution in [3.63, 3.8) is 0 Å². The molecular formula is C34H23N3O5. The van der Waals surface area contributed by atoms with Gasteiger partial charge in [-0.1, -0.05) is 60.7 Å². The lowest BCUT2D eigenvalue weighted by atomic mass is 9.82. The standard InChI is InChI=1S/C34H23N3O5/c35-24-11-12-37(34(40)36-24)33-32(31(39)23(14-38)42-33)41-15-21-13-20-8-7-18-4-2-16-1-3-17-5-6-19-9-10-22(21)30-28(19)26(17)25(16)27(18)29(20)30/h1-13,32-33,38-39H,14-15H2,(H2,35,36,40)/t32?,33-/m1/s1. The maximum Gasteiger partial charge on any atom is 0.352 e. The minimum atomic E-state index is -1.05. The highest BCUT2D eigenvalue weighted by atomic mass is 16.6. The number of rotatable bonds is 5. The molecule has 42 heavy (non-hydrogen) atoms. The Bertz CT molecular complexity index is 2390. The van der Waals surface area contributed by atoms with Gasteiger partial charge in [0.25, 0.3) is 0 Å². The van der Waals surface area contributed by atoms with Gasteiger partial charge in [0.2, 0.25) is 6.23 Å². The van der Waals surface area contributed by atoms with Crippen molar-refractivity contribution in [2.45, 2.75) is 18.9 Å². The van der Waals surface area contributed by atoms with Gasteiger partial charge in [0.1, 0.15) is 12.4 Å². The Labute approximate surface area is 237 Å². The summed E-state index contributed by atoms with van der Waals surface area (Å²) in [4.78, 5) is 16.4. The molecule has 1 aromatic heterocycles. The molecule has 0 aliphatic carbocycles. The molecule has 1 aliphatic heterocycles. The molecule has 2 atom stereocenters. The fourth-order valence-electron chi connectivity index (χ4n) is 7.03. The van der Waals surface area contributed by atoms with Crippen LogP contribution in [0.3, 0.4) is 0 Å². The van der Waals surface area contributed by atoms with Crippen LogP contribution in [0, 0.1) is 0 Å². The highest BCUT2D eigenvalue weighted by Crippen LogP contribution is 2.49. The number of hydrogen-bond donors (Lipinski definition) is 3. The molecule has 204 valence electrons. The second-order valence-corrected chi connectivity index (χ2v) is 11.0. The first-order valence-electron chi connectivity index (χ1n) is 13.8. The molecule has 0 amide bonds. The molecule has 8 aromatic rings. The summed E-state index contributed by atoms with van der Waals surface area (Å²) in [5, 5.41) is 35.2. The number of hydrogen-bond acceptors (Lipinski definition) is 7. The van der Waals surface area contributed by atoms with E-state index in [1.54, 1.807) is 0 Å². The van der Waals surface area contributed by atoms with Crippen molar-refractivity contribution in [1.82, 2.24) is 9.55 Å². The Morgan fingerprint density at radius 1 is 0.810 bits per heavy atom. The topological polar surface area (TPSA) is 120 Å². The van der Waals surface area contributed by atoms with Gasteiger partial charge >= 0.3 is 5.69 Å².